The summed E-state index contributed by atoms with van der Waals surface area (Å²) in [7, 11) is 3.05. The second-order valence-corrected chi connectivity index (χ2v) is 4.46. The van der Waals surface area contributed by atoms with Crippen LogP contribution in [-0.2, 0) is 13.0 Å². The van der Waals surface area contributed by atoms with Crippen LogP contribution in [0, 0.1) is 0 Å². The fourth-order valence-corrected chi connectivity index (χ4v) is 2.02. The Labute approximate surface area is 123 Å². The van der Waals surface area contributed by atoms with E-state index in [4.69, 9.17) is 9.47 Å². The molecule has 2 rings (SSSR count). The number of H-pyrrole nitrogens is 1. The first-order valence-corrected chi connectivity index (χ1v) is 6.72. The largest absolute Gasteiger partial charge is 0.493 e. The highest BCUT2D eigenvalue weighted by atomic mass is 16.5. The van der Waals surface area contributed by atoms with Gasteiger partial charge in [-0.1, -0.05) is 13.0 Å². The van der Waals surface area contributed by atoms with Crippen LogP contribution in [0.2, 0.25) is 0 Å². The summed E-state index contributed by atoms with van der Waals surface area (Å²) in [6.45, 7) is 2.41. The number of aromatic amines is 1. The van der Waals surface area contributed by atoms with Gasteiger partial charge in [0, 0.05) is 0 Å². The van der Waals surface area contributed by atoms with Crippen LogP contribution < -0.4 is 14.8 Å². The van der Waals surface area contributed by atoms with Crippen molar-refractivity contribution in [3.05, 3.63) is 41.2 Å². The number of methoxy groups -OCH3 is 2. The highest BCUT2D eigenvalue weighted by Crippen LogP contribution is 2.30. The van der Waals surface area contributed by atoms with E-state index in [1.165, 1.54) is 14.2 Å². The summed E-state index contributed by atoms with van der Waals surface area (Å²) < 4.78 is 10.4. The lowest BCUT2D eigenvalue weighted by molar-refractivity contribution is 0.0946. The van der Waals surface area contributed by atoms with E-state index in [1.807, 2.05) is 13.0 Å². The third kappa shape index (κ3) is 3.34. The van der Waals surface area contributed by atoms with E-state index in [2.05, 4.69) is 15.5 Å². The van der Waals surface area contributed by atoms with Crippen molar-refractivity contribution in [3.63, 3.8) is 0 Å². The number of hydrogen-bond acceptors (Lipinski definition) is 4. The van der Waals surface area contributed by atoms with Crippen molar-refractivity contribution in [3.8, 4) is 11.5 Å². The Balaban J connectivity index is 2.09. The molecule has 6 nitrogen and oxygen atoms in total. The minimum atomic E-state index is -0.224. The van der Waals surface area contributed by atoms with Gasteiger partial charge in [-0.3, -0.25) is 9.89 Å². The molecule has 112 valence electrons. The molecule has 0 aliphatic carbocycles. The van der Waals surface area contributed by atoms with Crippen molar-refractivity contribution in [2.24, 2.45) is 0 Å². The summed E-state index contributed by atoms with van der Waals surface area (Å²) >= 11 is 0. The Morgan fingerprint density at radius 1 is 1.33 bits per heavy atom. The highest BCUT2D eigenvalue weighted by Gasteiger charge is 2.16. The van der Waals surface area contributed by atoms with Crippen molar-refractivity contribution < 1.29 is 14.3 Å². The van der Waals surface area contributed by atoms with Gasteiger partial charge in [0.2, 0.25) is 0 Å². The minimum absolute atomic E-state index is 0.224. The van der Waals surface area contributed by atoms with Crippen molar-refractivity contribution in [1.29, 1.82) is 0 Å². The first kappa shape index (κ1) is 14.9. The molecule has 0 unspecified atom stereocenters. The van der Waals surface area contributed by atoms with Gasteiger partial charge in [0.25, 0.3) is 5.91 Å². The van der Waals surface area contributed by atoms with E-state index in [0.29, 0.717) is 23.6 Å². The molecule has 2 N–H and O–H groups in total. The Morgan fingerprint density at radius 2 is 2.14 bits per heavy atom. The number of aryl methyl sites for hydroxylation is 1. The highest BCUT2D eigenvalue weighted by molar-refractivity contribution is 5.97. The molecule has 1 aromatic carbocycles. The van der Waals surface area contributed by atoms with Gasteiger partial charge in [0.1, 0.15) is 0 Å². The summed E-state index contributed by atoms with van der Waals surface area (Å²) in [6.07, 6.45) is 0.855. The lowest BCUT2D eigenvalue weighted by Gasteiger charge is -2.12. The third-order valence-electron chi connectivity index (χ3n) is 3.13. The normalized spacial score (nSPS) is 10.2. The number of amides is 1. The molecule has 0 saturated carbocycles. The van der Waals surface area contributed by atoms with Gasteiger partial charge in [-0.25, -0.2) is 0 Å². The van der Waals surface area contributed by atoms with Crippen molar-refractivity contribution in [1.82, 2.24) is 15.5 Å². The van der Waals surface area contributed by atoms with Crippen LogP contribution in [0.4, 0.5) is 0 Å². The average Bonchev–Trinajstić information content (AvgIpc) is 2.99. The zero-order valence-electron chi connectivity index (χ0n) is 12.4. The van der Waals surface area contributed by atoms with Crippen LogP contribution in [0.25, 0.3) is 0 Å². The van der Waals surface area contributed by atoms with Crippen LogP contribution in [0.5, 0.6) is 11.5 Å². The third-order valence-corrected chi connectivity index (χ3v) is 3.13. The molecule has 1 amide bonds. The summed E-state index contributed by atoms with van der Waals surface area (Å²) in [5.74, 6) is 0.731. The van der Waals surface area contributed by atoms with E-state index in [0.717, 1.165) is 17.8 Å². The molecular formula is C15H19N3O3. The first-order chi connectivity index (χ1) is 10.2. The zero-order chi connectivity index (χ0) is 15.2. The van der Waals surface area contributed by atoms with Crippen molar-refractivity contribution >= 4 is 5.91 Å². The molecule has 0 aliphatic rings. The van der Waals surface area contributed by atoms with Crippen molar-refractivity contribution in [2.45, 2.75) is 19.9 Å². The van der Waals surface area contributed by atoms with Gasteiger partial charge in [-0.15, -0.1) is 0 Å². The number of benzene rings is 1. The van der Waals surface area contributed by atoms with E-state index in [1.54, 1.807) is 18.2 Å². The summed E-state index contributed by atoms with van der Waals surface area (Å²) in [5, 5.41) is 9.85. The molecular weight excluding hydrogens is 270 g/mol. The number of nitrogens with one attached hydrogen (secondary N) is 2. The Kier molecular flexibility index (Phi) is 4.81. The molecule has 6 heteroatoms. The maximum Gasteiger partial charge on any atom is 0.255 e. The van der Waals surface area contributed by atoms with Crippen LogP contribution in [0.15, 0.2) is 24.3 Å². The molecule has 0 atom stereocenters. The monoisotopic (exact) mass is 289 g/mol. The predicted octanol–water partition coefficient (Wildman–Crippen LogP) is 1.92. The SMILES string of the molecule is CCc1cc(CNC(=O)c2cccc(OC)c2OC)[nH]n1. The van der Waals surface area contributed by atoms with Gasteiger partial charge >= 0.3 is 0 Å². The quantitative estimate of drug-likeness (QED) is 0.852. The second-order valence-electron chi connectivity index (χ2n) is 4.46. The summed E-state index contributed by atoms with van der Waals surface area (Å²) in [5.41, 5.74) is 2.27. The predicted molar refractivity (Wildman–Crippen MR) is 78.7 cm³/mol. The smallest absolute Gasteiger partial charge is 0.255 e. The number of aromatic nitrogens is 2. The Bertz CT molecular complexity index is 622. The number of carbonyl (C=O) groups excluding carboxylic acids is 1. The van der Waals surface area contributed by atoms with E-state index in [-0.39, 0.29) is 5.91 Å². The van der Waals surface area contributed by atoms with Gasteiger partial charge in [0.05, 0.1) is 37.7 Å². The number of carbonyl (C=O) groups is 1. The maximum atomic E-state index is 12.3. The number of para-hydroxylation sites is 1. The molecule has 0 radical (unpaired) electrons. The average molecular weight is 289 g/mol. The van der Waals surface area contributed by atoms with Crippen LogP contribution in [0.1, 0.15) is 28.7 Å². The topological polar surface area (TPSA) is 76.2 Å². The molecule has 0 spiro atoms. The number of hydrogen-bond donors (Lipinski definition) is 2. The fraction of sp³-hybridized carbons (Fsp3) is 0.333. The Morgan fingerprint density at radius 3 is 2.76 bits per heavy atom. The molecule has 1 aromatic heterocycles. The molecule has 0 bridgehead atoms. The van der Waals surface area contributed by atoms with E-state index < -0.39 is 0 Å². The molecule has 21 heavy (non-hydrogen) atoms. The Hall–Kier alpha value is -2.50. The van der Waals surface area contributed by atoms with Crippen LogP contribution >= 0.6 is 0 Å². The van der Waals surface area contributed by atoms with E-state index >= 15 is 0 Å². The number of nitrogens with zero attached hydrogens (tertiary/aromatic N) is 1. The summed E-state index contributed by atoms with van der Waals surface area (Å²) in [6, 6.07) is 7.13. The van der Waals surface area contributed by atoms with Gasteiger partial charge in [-0.2, -0.15) is 5.10 Å². The minimum Gasteiger partial charge on any atom is -0.493 e. The van der Waals surface area contributed by atoms with Gasteiger partial charge in [-0.05, 0) is 24.6 Å². The maximum absolute atomic E-state index is 12.3. The van der Waals surface area contributed by atoms with Crippen LogP contribution in [0.3, 0.4) is 0 Å². The van der Waals surface area contributed by atoms with Gasteiger partial charge < -0.3 is 14.8 Å². The fourth-order valence-electron chi connectivity index (χ4n) is 2.02. The van der Waals surface area contributed by atoms with Crippen molar-refractivity contribution in [2.75, 3.05) is 14.2 Å². The zero-order valence-corrected chi connectivity index (χ0v) is 12.4. The van der Waals surface area contributed by atoms with Gasteiger partial charge in [0.15, 0.2) is 11.5 Å². The lowest BCUT2D eigenvalue weighted by Crippen LogP contribution is -2.23. The van der Waals surface area contributed by atoms with E-state index in [9.17, 15) is 4.79 Å². The lowest BCUT2D eigenvalue weighted by atomic mass is 10.1. The molecule has 0 fully saturated rings. The second kappa shape index (κ2) is 6.78. The molecule has 1 heterocycles. The molecule has 2 aromatic rings. The number of rotatable bonds is 6. The first-order valence-electron chi connectivity index (χ1n) is 6.72. The molecule has 0 saturated heterocycles. The summed E-state index contributed by atoms with van der Waals surface area (Å²) in [4.78, 5) is 12.3. The van der Waals surface area contributed by atoms with Crippen LogP contribution in [-0.4, -0.2) is 30.3 Å². The molecule has 0 aliphatic heterocycles. The standard InChI is InChI=1S/C15H19N3O3/c1-4-10-8-11(18-17-10)9-16-15(19)12-6-5-7-13(20-2)14(12)21-3/h5-8H,4,9H2,1-3H3,(H,16,19)(H,17,18). The number of ether oxygens (including phenoxy) is 2.